The molecule has 0 aliphatic rings. The fourth-order valence-corrected chi connectivity index (χ4v) is 1.49. The van der Waals surface area contributed by atoms with E-state index in [4.69, 9.17) is 11.6 Å². The molecule has 0 atom stereocenters. The molecule has 1 amide bonds. The molecule has 0 saturated carbocycles. The number of pyridine rings is 1. The van der Waals surface area contributed by atoms with Crippen LogP contribution in [0.15, 0.2) is 16.7 Å². The largest absolute Gasteiger partial charge is 0.389 e. The number of nitrogens with zero attached hydrogens (tertiary/aromatic N) is 1. The zero-order valence-electron chi connectivity index (χ0n) is 8.92. The first-order valence-electron chi connectivity index (χ1n) is 4.61. The molecule has 0 saturated heterocycles. The van der Waals surface area contributed by atoms with Crippen molar-refractivity contribution in [1.29, 1.82) is 0 Å². The molecule has 16 heavy (non-hydrogen) atoms. The molecule has 1 heterocycles. The van der Waals surface area contributed by atoms with Crippen molar-refractivity contribution in [2.45, 2.75) is 19.4 Å². The van der Waals surface area contributed by atoms with Crippen LogP contribution in [0.5, 0.6) is 0 Å². The van der Waals surface area contributed by atoms with Gasteiger partial charge in [0.05, 0.1) is 11.2 Å². The minimum Gasteiger partial charge on any atom is -0.389 e. The van der Waals surface area contributed by atoms with Crippen LogP contribution in [0.2, 0.25) is 5.15 Å². The summed E-state index contributed by atoms with van der Waals surface area (Å²) in [5, 5.41) is 12.2. The minimum atomic E-state index is -0.957. The molecule has 0 aromatic carbocycles. The third kappa shape index (κ3) is 4.08. The summed E-state index contributed by atoms with van der Waals surface area (Å²) in [5.41, 5.74) is -0.679. The second kappa shape index (κ2) is 5.12. The first kappa shape index (κ1) is 13.4. The summed E-state index contributed by atoms with van der Waals surface area (Å²) in [6, 6.07) is 1.58. The average Bonchev–Trinajstić information content (AvgIpc) is 2.17. The number of amides is 1. The summed E-state index contributed by atoms with van der Waals surface area (Å²) < 4.78 is 0.672. The van der Waals surface area contributed by atoms with Gasteiger partial charge in [0, 0.05) is 17.2 Å². The van der Waals surface area contributed by atoms with Gasteiger partial charge in [-0.05, 0) is 35.8 Å². The number of rotatable bonds is 3. The molecule has 1 aromatic heterocycles. The molecule has 0 fully saturated rings. The number of aliphatic hydroxyl groups is 1. The van der Waals surface area contributed by atoms with Crippen LogP contribution in [0, 0.1) is 0 Å². The van der Waals surface area contributed by atoms with Crippen LogP contribution in [0.25, 0.3) is 0 Å². The lowest BCUT2D eigenvalue weighted by atomic mass is 10.1. The van der Waals surface area contributed by atoms with E-state index in [2.05, 4.69) is 26.2 Å². The third-order valence-corrected chi connectivity index (χ3v) is 2.47. The van der Waals surface area contributed by atoms with Gasteiger partial charge in [0.25, 0.3) is 5.91 Å². The Morgan fingerprint density at radius 3 is 2.88 bits per heavy atom. The topological polar surface area (TPSA) is 62.2 Å². The van der Waals surface area contributed by atoms with E-state index in [-0.39, 0.29) is 23.2 Å². The van der Waals surface area contributed by atoms with Crippen LogP contribution in [-0.2, 0) is 0 Å². The van der Waals surface area contributed by atoms with Crippen LogP contribution >= 0.6 is 27.5 Å². The molecule has 6 heteroatoms. The predicted molar refractivity (Wildman–Crippen MR) is 65.6 cm³/mol. The van der Waals surface area contributed by atoms with Crippen molar-refractivity contribution in [3.05, 3.63) is 27.5 Å². The second-order valence-electron chi connectivity index (χ2n) is 3.99. The summed E-state index contributed by atoms with van der Waals surface area (Å²) in [5.74, 6) is -0.360. The van der Waals surface area contributed by atoms with Gasteiger partial charge in [-0.25, -0.2) is 4.98 Å². The molecular formula is C10H12BrClN2O2. The maximum atomic E-state index is 11.7. The van der Waals surface area contributed by atoms with Crippen LogP contribution in [0.4, 0.5) is 0 Å². The second-order valence-corrected chi connectivity index (χ2v) is 5.26. The molecular weight excluding hydrogens is 295 g/mol. The van der Waals surface area contributed by atoms with Crippen molar-refractivity contribution < 1.29 is 9.90 Å². The van der Waals surface area contributed by atoms with Crippen LogP contribution in [0.3, 0.4) is 0 Å². The van der Waals surface area contributed by atoms with Crippen molar-refractivity contribution in [3.63, 3.8) is 0 Å². The van der Waals surface area contributed by atoms with E-state index in [1.54, 1.807) is 19.9 Å². The maximum absolute atomic E-state index is 11.7. The number of carbonyl (C=O) groups is 1. The number of aromatic nitrogens is 1. The van der Waals surface area contributed by atoms with Crippen molar-refractivity contribution in [1.82, 2.24) is 10.3 Å². The fourth-order valence-electron chi connectivity index (χ4n) is 0.974. The Balaban J connectivity index is 2.77. The lowest BCUT2D eigenvalue weighted by Gasteiger charge is -2.17. The smallest absolute Gasteiger partial charge is 0.254 e. The molecule has 0 aliphatic heterocycles. The number of hydrogen-bond acceptors (Lipinski definition) is 3. The molecule has 1 rings (SSSR count). The monoisotopic (exact) mass is 306 g/mol. The van der Waals surface area contributed by atoms with Gasteiger partial charge in [-0.3, -0.25) is 4.79 Å². The number of halogens is 2. The Labute approximate surface area is 107 Å². The Morgan fingerprint density at radius 2 is 2.31 bits per heavy atom. The van der Waals surface area contributed by atoms with E-state index in [1.165, 1.54) is 6.20 Å². The summed E-state index contributed by atoms with van der Waals surface area (Å²) >= 11 is 8.99. The molecule has 0 bridgehead atoms. The Morgan fingerprint density at radius 1 is 1.69 bits per heavy atom. The van der Waals surface area contributed by atoms with E-state index >= 15 is 0 Å². The Bertz CT molecular complexity index is 404. The van der Waals surface area contributed by atoms with Crippen molar-refractivity contribution in [2.75, 3.05) is 6.54 Å². The Kier molecular flexibility index (Phi) is 4.29. The SMILES string of the molecule is CC(C)(O)CNC(=O)c1cc(Br)cnc1Cl. The van der Waals surface area contributed by atoms with Gasteiger partial charge in [-0.2, -0.15) is 0 Å². The quantitative estimate of drug-likeness (QED) is 0.840. The van der Waals surface area contributed by atoms with E-state index in [0.29, 0.717) is 4.47 Å². The first-order valence-corrected chi connectivity index (χ1v) is 5.78. The summed E-state index contributed by atoms with van der Waals surface area (Å²) in [7, 11) is 0. The molecule has 88 valence electrons. The molecule has 0 radical (unpaired) electrons. The number of carbonyl (C=O) groups excluding carboxylic acids is 1. The standard InChI is InChI=1S/C10H12BrClN2O2/c1-10(2,16)5-14-9(15)7-3-6(11)4-13-8(7)12/h3-4,16H,5H2,1-2H3,(H,14,15). The molecule has 2 N–H and O–H groups in total. The van der Waals surface area contributed by atoms with Gasteiger partial charge >= 0.3 is 0 Å². The van der Waals surface area contributed by atoms with E-state index < -0.39 is 5.60 Å². The highest BCUT2D eigenvalue weighted by molar-refractivity contribution is 9.10. The lowest BCUT2D eigenvalue weighted by molar-refractivity contribution is 0.0694. The van der Waals surface area contributed by atoms with E-state index in [1.807, 2.05) is 0 Å². The summed E-state index contributed by atoms with van der Waals surface area (Å²) in [4.78, 5) is 15.5. The van der Waals surface area contributed by atoms with Crippen molar-refractivity contribution >= 4 is 33.4 Å². The summed E-state index contributed by atoms with van der Waals surface area (Å²) in [6.45, 7) is 3.36. The van der Waals surface area contributed by atoms with Gasteiger partial charge in [0.2, 0.25) is 0 Å². The number of hydrogen-bond donors (Lipinski definition) is 2. The highest BCUT2D eigenvalue weighted by Gasteiger charge is 2.17. The predicted octanol–water partition coefficient (Wildman–Crippen LogP) is 2.00. The van der Waals surface area contributed by atoms with Crippen LogP contribution in [-0.4, -0.2) is 28.1 Å². The number of nitrogens with one attached hydrogen (secondary N) is 1. The molecule has 0 spiro atoms. The maximum Gasteiger partial charge on any atom is 0.254 e. The first-order chi connectivity index (χ1) is 7.29. The van der Waals surface area contributed by atoms with Gasteiger partial charge in [0.15, 0.2) is 0 Å². The van der Waals surface area contributed by atoms with Gasteiger partial charge in [-0.1, -0.05) is 11.6 Å². The highest BCUT2D eigenvalue weighted by atomic mass is 79.9. The molecule has 0 aliphatic carbocycles. The zero-order chi connectivity index (χ0) is 12.3. The zero-order valence-corrected chi connectivity index (χ0v) is 11.3. The van der Waals surface area contributed by atoms with Crippen LogP contribution < -0.4 is 5.32 Å². The summed E-state index contributed by atoms with van der Waals surface area (Å²) in [6.07, 6.45) is 1.51. The third-order valence-electron chi connectivity index (χ3n) is 1.73. The van der Waals surface area contributed by atoms with E-state index in [0.717, 1.165) is 0 Å². The Hall–Kier alpha value is -0.650. The molecule has 1 aromatic rings. The molecule has 0 unspecified atom stereocenters. The van der Waals surface area contributed by atoms with Gasteiger partial charge in [0.1, 0.15) is 5.15 Å². The average molecular weight is 308 g/mol. The van der Waals surface area contributed by atoms with Crippen molar-refractivity contribution in [2.24, 2.45) is 0 Å². The highest BCUT2D eigenvalue weighted by Crippen LogP contribution is 2.17. The normalized spacial score (nSPS) is 11.3. The minimum absolute atomic E-state index is 0.136. The van der Waals surface area contributed by atoms with Gasteiger partial charge < -0.3 is 10.4 Å². The lowest BCUT2D eigenvalue weighted by Crippen LogP contribution is -2.38. The van der Waals surface area contributed by atoms with Crippen molar-refractivity contribution in [3.8, 4) is 0 Å². The van der Waals surface area contributed by atoms with Crippen LogP contribution in [0.1, 0.15) is 24.2 Å². The fraction of sp³-hybridized carbons (Fsp3) is 0.400. The van der Waals surface area contributed by atoms with E-state index in [9.17, 15) is 9.90 Å². The van der Waals surface area contributed by atoms with Gasteiger partial charge in [-0.15, -0.1) is 0 Å². The molecule has 4 nitrogen and oxygen atoms in total.